The number of benzene rings is 1. The minimum absolute atomic E-state index is 0.658. The number of fused-ring (bicyclic) bond motifs is 1. The van der Waals surface area contributed by atoms with E-state index in [1.165, 1.54) is 23.1 Å². The van der Waals surface area contributed by atoms with Crippen LogP contribution in [0.15, 0.2) is 48.8 Å². The maximum Gasteiger partial charge on any atom is 0.0302 e. The number of aromatic nitrogens is 1. The first-order chi connectivity index (χ1) is 7.43. The molecule has 1 heteroatoms. The Bertz CT molecular complexity index is 437. The molecule has 0 N–H and O–H groups in total. The Balaban J connectivity index is 1.91. The molecule has 0 saturated carbocycles. The van der Waals surface area contributed by atoms with E-state index >= 15 is 0 Å². The van der Waals surface area contributed by atoms with E-state index in [-0.39, 0.29) is 0 Å². The second kappa shape index (κ2) is 3.50. The van der Waals surface area contributed by atoms with Gasteiger partial charge in [-0.05, 0) is 41.5 Å². The summed E-state index contributed by atoms with van der Waals surface area (Å²) < 4.78 is 0. The van der Waals surface area contributed by atoms with Crippen molar-refractivity contribution in [2.75, 3.05) is 0 Å². The standard InChI is InChI=1S/C14H13N/c1-2-4-11(5-3-1)13-8-12-6-7-15-10-14(12)9-13/h1-7,10,13H,8-9H2. The van der Waals surface area contributed by atoms with Crippen molar-refractivity contribution in [3.8, 4) is 0 Å². The van der Waals surface area contributed by atoms with Gasteiger partial charge in [0, 0.05) is 12.4 Å². The Morgan fingerprint density at radius 3 is 2.53 bits per heavy atom. The number of pyridine rings is 1. The summed E-state index contributed by atoms with van der Waals surface area (Å²) in [6.45, 7) is 0. The van der Waals surface area contributed by atoms with Crippen LogP contribution < -0.4 is 0 Å². The van der Waals surface area contributed by atoms with Crippen LogP contribution in [0.4, 0.5) is 0 Å². The molecule has 0 fully saturated rings. The van der Waals surface area contributed by atoms with Crippen LogP contribution in [-0.4, -0.2) is 4.98 Å². The maximum absolute atomic E-state index is 4.18. The predicted molar refractivity (Wildman–Crippen MR) is 60.8 cm³/mol. The molecule has 0 bridgehead atoms. The molecule has 1 aliphatic carbocycles. The van der Waals surface area contributed by atoms with E-state index in [1.807, 2.05) is 12.4 Å². The highest BCUT2D eigenvalue weighted by molar-refractivity contribution is 5.35. The highest BCUT2D eigenvalue weighted by atomic mass is 14.6. The lowest BCUT2D eigenvalue weighted by molar-refractivity contribution is 0.741. The molecule has 1 atom stereocenters. The molecule has 0 amide bonds. The summed E-state index contributed by atoms with van der Waals surface area (Å²) in [5.74, 6) is 0.658. The van der Waals surface area contributed by atoms with Gasteiger partial charge in [-0.1, -0.05) is 30.3 Å². The first-order valence-corrected chi connectivity index (χ1v) is 5.40. The fourth-order valence-corrected chi connectivity index (χ4v) is 2.40. The van der Waals surface area contributed by atoms with Crippen molar-refractivity contribution >= 4 is 0 Å². The van der Waals surface area contributed by atoms with Crippen molar-refractivity contribution in [2.24, 2.45) is 0 Å². The van der Waals surface area contributed by atoms with Gasteiger partial charge in [0.25, 0.3) is 0 Å². The van der Waals surface area contributed by atoms with E-state index in [2.05, 4.69) is 41.4 Å². The molecule has 1 aromatic heterocycles. The summed E-state index contributed by atoms with van der Waals surface area (Å²) in [6, 6.07) is 12.9. The molecule has 74 valence electrons. The van der Waals surface area contributed by atoms with Gasteiger partial charge in [0.15, 0.2) is 0 Å². The summed E-state index contributed by atoms with van der Waals surface area (Å²) in [5.41, 5.74) is 4.35. The summed E-state index contributed by atoms with van der Waals surface area (Å²) in [5, 5.41) is 0. The molecular formula is C14H13N. The average Bonchev–Trinajstić information content (AvgIpc) is 2.74. The summed E-state index contributed by atoms with van der Waals surface area (Å²) in [6.07, 6.45) is 6.22. The molecule has 15 heavy (non-hydrogen) atoms. The van der Waals surface area contributed by atoms with Crippen molar-refractivity contribution in [3.63, 3.8) is 0 Å². The lowest BCUT2D eigenvalue weighted by Gasteiger charge is -2.08. The normalized spacial score (nSPS) is 18.8. The molecule has 0 spiro atoms. The van der Waals surface area contributed by atoms with Gasteiger partial charge in [-0.25, -0.2) is 0 Å². The Morgan fingerprint density at radius 2 is 1.73 bits per heavy atom. The van der Waals surface area contributed by atoms with Crippen LogP contribution in [0.2, 0.25) is 0 Å². The van der Waals surface area contributed by atoms with Crippen molar-refractivity contribution in [1.82, 2.24) is 4.98 Å². The molecule has 1 nitrogen and oxygen atoms in total. The Morgan fingerprint density at radius 1 is 0.933 bits per heavy atom. The largest absolute Gasteiger partial charge is 0.264 e. The van der Waals surface area contributed by atoms with E-state index in [0.29, 0.717) is 5.92 Å². The van der Waals surface area contributed by atoms with Gasteiger partial charge >= 0.3 is 0 Å². The molecule has 2 aromatic rings. The van der Waals surface area contributed by atoms with E-state index in [9.17, 15) is 0 Å². The third-order valence-corrected chi connectivity index (χ3v) is 3.21. The van der Waals surface area contributed by atoms with Gasteiger partial charge in [0.05, 0.1) is 0 Å². The van der Waals surface area contributed by atoms with Gasteiger partial charge in [0.1, 0.15) is 0 Å². The summed E-state index contributed by atoms with van der Waals surface area (Å²) in [7, 11) is 0. The lowest BCUT2D eigenvalue weighted by Crippen LogP contribution is -1.96. The molecule has 0 radical (unpaired) electrons. The highest BCUT2D eigenvalue weighted by Crippen LogP contribution is 2.32. The highest BCUT2D eigenvalue weighted by Gasteiger charge is 2.22. The van der Waals surface area contributed by atoms with Gasteiger partial charge in [0.2, 0.25) is 0 Å². The molecule has 0 saturated heterocycles. The third-order valence-electron chi connectivity index (χ3n) is 3.21. The minimum atomic E-state index is 0.658. The van der Waals surface area contributed by atoms with E-state index < -0.39 is 0 Å². The predicted octanol–water partition coefficient (Wildman–Crippen LogP) is 2.96. The minimum Gasteiger partial charge on any atom is -0.264 e. The molecule has 3 rings (SSSR count). The molecule has 1 heterocycles. The van der Waals surface area contributed by atoms with Crippen LogP contribution in [0.3, 0.4) is 0 Å². The summed E-state index contributed by atoms with van der Waals surface area (Å²) >= 11 is 0. The Kier molecular flexibility index (Phi) is 2.02. The number of rotatable bonds is 1. The number of nitrogens with zero attached hydrogens (tertiary/aromatic N) is 1. The molecule has 1 aliphatic rings. The summed E-state index contributed by atoms with van der Waals surface area (Å²) in [4.78, 5) is 4.18. The Hall–Kier alpha value is -1.63. The first-order valence-electron chi connectivity index (χ1n) is 5.40. The van der Waals surface area contributed by atoms with Crippen molar-refractivity contribution in [3.05, 3.63) is 65.5 Å². The van der Waals surface area contributed by atoms with Gasteiger partial charge in [-0.15, -0.1) is 0 Å². The fourth-order valence-electron chi connectivity index (χ4n) is 2.40. The first kappa shape index (κ1) is 8.66. The van der Waals surface area contributed by atoms with Gasteiger partial charge in [-0.3, -0.25) is 4.98 Å². The fraction of sp³-hybridized carbons (Fsp3) is 0.214. The molecule has 1 aromatic carbocycles. The number of hydrogen-bond donors (Lipinski definition) is 0. The van der Waals surface area contributed by atoms with Gasteiger partial charge in [-0.2, -0.15) is 0 Å². The van der Waals surface area contributed by atoms with Crippen LogP contribution in [0.1, 0.15) is 22.6 Å². The quantitative estimate of drug-likeness (QED) is 0.681. The van der Waals surface area contributed by atoms with Crippen molar-refractivity contribution in [1.29, 1.82) is 0 Å². The zero-order valence-corrected chi connectivity index (χ0v) is 8.56. The van der Waals surface area contributed by atoms with E-state index in [0.717, 1.165) is 6.42 Å². The van der Waals surface area contributed by atoms with Crippen molar-refractivity contribution in [2.45, 2.75) is 18.8 Å². The smallest absolute Gasteiger partial charge is 0.0302 e. The number of hydrogen-bond acceptors (Lipinski definition) is 1. The molecule has 0 aliphatic heterocycles. The maximum atomic E-state index is 4.18. The zero-order valence-electron chi connectivity index (χ0n) is 8.56. The second-order valence-electron chi connectivity index (χ2n) is 4.16. The van der Waals surface area contributed by atoms with E-state index in [4.69, 9.17) is 0 Å². The van der Waals surface area contributed by atoms with Crippen molar-refractivity contribution < 1.29 is 0 Å². The van der Waals surface area contributed by atoms with Crippen LogP contribution in [0.5, 0.6) is 0 Å². The van der Waals surface area contributed by atoms with Crippen LogP contribution in [0, 0.1) is 0 Å². The Labute approximate surface area is 89.8 Å². The topological polar surface area (TPSA) is 12.9 Å². The zero-order chi connectivity index (χ0) is 10.1. The van der Waals surface area contributed by atoms with Crippen LogP contribution in [-0.2, 0) is 12.8 Å². The van der Waals surface area contributed by atoms with E-state index in [1.54, 1.807) is 0 Å². The molecular weight excluding hydrogens is 182 g/mol. The van der Waals surface area contributed by atoms with Gasteiger partial charge < -0.3 is 0 Å². The monoisotopic (exact) mass is 195 g/mol. The van der Waals surface area contributed by atoms with Crippen LogP contribution in [0.25, 0.3) is 0 Å². The lowest BCUT2D eigenvalue weighted by atomic mass is 9.96. The molecule has 1 unspecified atom stereocenters. The second-order valence-corrected chi connectivity index (χ2v) is 4.16. The SMILES string of the molecule is c1ccc(C2Cc3ccncc3C2)cc1. The average molecular weight is 195 g/mol. The third kappa shape index (κ3) is 1.54. The van der Waals surface area contributed by atoms with Crippen LogP contribution >= 0.6 is 0 Å².